The topological polar surface area (TPSA) is 92.7 Å². The standard InChI is InChI=1S/C17H19NO.BO3/c19-14-17(15-8-3-1-4-9-15)12-7-13-18(17)16-10-5-2-6-11-16;2-1(3)4/h1-6,8-11,19H,7,12-14H2;/q;-3/t17-;/m0./s1. The molecule has 6 heteroatoms. The van der Waals surface area contributed by atoms with E-state index in [-0.39, 0.29) is 12.1 Å². The fraction of sp³-hybridized carbons (Fsp3) is 0.294. The predicted octanol–water partition coefficient (Wildman–Crippen LogP) is -0.773. The average molecular weight is 312 g/mol. The lowest BCUT2D eigenvalue weighted by Gasteiger charge is -2.39. The first-order valence-electron chi connectivity index (χ1n) is 7.57. The van der Waals surface area contributed by atoms with Gasteiger partial charge in [0.05, 0.1) is 12.1 Å². The van der Waals surface area contributed by atoms with Crippen molar-refractivity contribution in [2.75, 3.05) is 18.1 Å². The molecular weight excluding hydrogens is 293 g/mol. The summed E-state index contributed by atoms with van der Waals surface area (Å²) in [6.45, 7) is 1.16. The van der Waals surface area contributed by atoms with Gasteiger partial charge in [0.15, 0.2) is 0 Å². The molecule has 1 aliphatic rings. The summed E-state index contributed by atoms with van der Waals surface area (Å²) in [6, 6.07) is 20.8. The lowest BCUT2D eigenvalue weighted by molar-refractivity contribution is -0.479. The van der Waals surface area contributed by atoms with Gasteiger partial charge in [-0.05, 0) is 30.5 Å². The number of benzene rings is 2. The van der Waals surface area contributed by atoms with Crippen LogP contribution in [0.3, 0.4) is 0 Å². The third-order valence-electron chi connectivity index (χ3n) is 4.13. The van der Waals surface area contributed by atoms with Crippen molar-refractivity contribution < 1.29 is 20.2 Å². The van der Waals surface area contributed by atoms with Crippen LogP contribution in [0, 0.1) is 0 Å². The second-order valence-electron chi connectivity index (χ2n) is 5.44. The van der Waals surface area contributed by atoms with E-state index in [0.717, 1.165) is 19.4 Å². The summed E-state index contributed by atoms with van der Waals surface area (Å²) in [5.41, 5.74) is 2.14. The number of aliphatic hydroxyl groups excluding tert-OH is 1. The van der Waals surface area contributed by atoms with Gasteiger partial charge in [0.25, 0.3) is 0 Å². The van der Waals surface area contributed by atoms with Gasteiger partial charge in [0, 0.05) is 12.2 Å². The Morgan fingerprint density at radius 3 is 2.00 bits per heavy atom. The number of hydrogen-bond acceptors (Lipinski definition) is 5. The van der Waals surface area contributed by atoms with Gasteiger partial charge in [0.1, 0.15) is 0 Å². The van der Waals surface area contributed by atoms with Crippen LogP contribution in [0.1, 0.15) is 18.4 Å². The van der Waals surface area contributed by atoms with E-state index in [9.17, 15) is 5.11 Å². The number of aliphatic hydroxyl groups is 1. The van der Waals surface area contributed by atoms with Crippen molar-refractivity contribution in [3.63, 3.8) is 0 Å². The molecule has 1 atom stereocenters. The lowest BCUT2D eigenvalue weighted by Crippen LogP contribution is -2.56. The van der Waals surface area contributed by atoms with E-state index in [2.05, 4.69) is 41.3 Å². The van der Waals surface area contributed by atoms with Crippen LogP contribution in [0.4, 0.5) is 5.69 Å². The Labute approximate surface area is 136 Å². The minimum Gasteiger partial charge on any atom is -0.907 e. The van der Waals surface area contributed by atoms with Crippen LogP contribution in [0.25, 0.3) is 0 Å². The zero-order valence-corrected chi connectivity index (χ0v) is 12.8. The molecule has 1 aliphatic heterocycles. The second-order valence-corrected chi connectivity index (χ2v) is 5.44. The molecule has 1 fully saturated rings. The minimum atomic E-state index is -2.92. The molecule has 5 nitrogen and oxygen atoms in total. The van der Waals surface area contributed by atoms with Crippen molar-refractivity contribution in [3.05, 3.63) is 66.2 Å². The Hall–Kier alpha value is -1.86. The summed E-state index contributed by atoms with van der Waals surface area (Å²) in [5.74, 6) is 0. The maximum Gasteiger partial charge on any atom is 0.0884 e. The summed E-state index contributed by atoms with van der Waals surface area (Å²) >= 11 is 0. The lowest BCUT2D eigenvalue weighted by atomic mass is 9.87. The van der Waals surface area contributed by atoms with E-state index in [1.807, 2.05) is 24.3 Å². The first-order valence-corrected chi connectivity index (χ1v) is 7.57. The summed E-state index contributed by atoms with van der Waals surface area (Å²) in [4.78, 5) is 2.35. The highest BCUT2D eigenvalue weighted by molar-refractivity contribution is 6.24. The molecule has 0 saturated carbocycles. The molecule has 0 amide bonds. The Morgan fingerprint density at radius 2 is 1.48 bits per heavy atom. The highest BCUT2D eigenvalue weighted by Crippen LogP contribution is 2.41. The van der Waals surface area contributed by atoms with Crippen molar-refractivity contribution in [2.45, 2.75) is 18.4 Å². The van der Waals surface area contributed by atoms with E-state index in [1.165, 1.54) is 11.3 Å². The van der Waals surface area contributed by atoms with Gasteiger partial charge in [0.2, 0.25) is 0 Å². The second kappa shape index (κ2) is 8.13. The van der Waals surface area contributed by atoms with Crippen LogP contribution in [0.15, 0.2) is 60.7 Å². The molecule has 23 heavy (non-hydrogen) atoms. The third-order valence-corrected chi connectivity index (χ3v) is 4.13. The van der Waals surface area contributed by atoms with Gasteiger partial charge in [-0.3, -0.25) is 7.32 Å². The molecule has 1 saturated heterocycles. The van der Waals surface area contributed by atoms with Crippen LogP contribution >= 0.6 is 0 Å². The fourth-order valence-corrected chi connectivity index (χ4v) is 3.17. The van der Waals surface area contributed by atoms with Crippen LogP contribution in [-0.2, 0) is 5.54 Å². The van der Waals surface area contributed by atoms with Gasteiger partial charge in [-0.25, -0.2) is 0 Å². The minimum absolute atomic E-state index is 0.159. The molecule has 0 aliphatic carbocycles. The molecule has 1 N–H and O–H groups in total. The Bertz CT molecular complexity index is 579. The number of hydrogen-bond donors (Lipinski definition) is 1. The zero-order chi connectivity index (χ0) is 16.7. The number of nitrogens with zero attached hydrogens (tertiary/aromatic N) is 1. The first kappa shape index (κ1) is 17.5. The highest BCUT2D eigenvalue weighted by atomic mass is 16.5. The maximum absolute atomic E-state index is 10.1. The quantitative estimate of drug-likeness (QED) is 0.751. The normalized spacial score (nSPS) is 19.9. The number of para-hydroxylation sites is 1. The molecule has 0 aromatic heterocycles. The van der Waals surface area contributed by atoms with Gasteiger partial charge >= 0.3 is 0 Å². The zero-order valence-electron chi connectivity index (χ0n) is 12.8. The maximum atomic E-state index is 10.1. The van der Waals surface area contributed by atoms with Gasteiger partial charge in [-0.1, -0.05) is 48.5 Å². The monoisotopic (exact) mass is 312 g/mol. The molecule has 122 valence electrons. The van der Waals surface area contributed by atoms with E-state index >= 15 is 0 Å². The molecule has 0 spiro atoms. The number of rotatable bonds is 3. The summed E-state index contributed by atoms with van der Waals surface area (Å²) < 4.78 is 0. The van der Waals surface area contributed by atoms with Crippen LogP contribution < -0.4 is 20.0 Å². The smallest absolute Gasteiger partial charge is 0.0884 e. The van der Waals surface area contributed by atoms with Crippen LogP contribution in [0.5, 0.6) is 0 Å². The number of anilines is 1. The Morgan fingerprint density at radius 1 is 0.957 bits per heavy atom. The molecule has 2 aromatic carbocycles. The SMILES string of the molecule is OC[C@]1(c2ccccc2)CCCN1c1ccccc1.[O-]B([O-])[O-]. The largest absolute Gasteiger partial charge is 0.907 e. The van der Waals surface area contributed by atoms with E-state index < -0.39 is 7.32 Å². The molecule has 0 bridgehead atoms. The predicted molar refractivity (Wildman–Crippen MR) is 84.0 cm³/mol. The van der Waals surface area contributed by atoms with Gasteiger partial charge < -0.3 is 25.1 Å². The molecule has 2 aromatic rings. The summed E-state index contributed by atoms with van der Waals surface area (Å²) in [5, 5.41) is 35.3. The third kappa shape index (κ3) is 4.12. The van der Waals surface area contributed by atoms with E-state index in [1.54, 1.807) is 0 Å². The first-order chi connectivity index (χ1) is 11.1. The van der Waals surface area contributed by atoms with Crippen molar-refractivity contribution in [2.24, 2.45) is 0 Å². The Balaban J connectivity index is 0.000000433. The molecular formula is C17H19BNO4-3. The summed E-state index contributed by atoms with van der Waals surface area (Å²) in [7, 11) is -2.92. The average Bonchev–Trinajstić information content (AvgIpc) is 3.01. The highest BCUT2D eigenvalue weighted by Gasteiger charge is 2.41. The van der Waals surface area contributed by atoms with Crippen LogP contribution in [-0.4, -0.2) is 25.6 Å². The fourth-order valence-electron chi connectivity index (χ4n) is 3.17. The molecule has 0 unspecified atom stereocenters. The van der Waals surface area contributed by atoms with Crippen LogP contribution in [0.2, 0.25) is 0 Å². The molecule has 0 radical (unpaired) electrons. The van der Waals surface area contributed by atoms with E-state index in [0.29, 0.717) is 0 Å². The van der Waals surface area contributed by atoms with E-state index in [4.69, 9.17) is 15.1 Å². The van der Waals surface area contributed by atoms with Crippen molar-refractivity contribution >= 4 is 13.0 Å². The van der Waals surface area contributed by atoms with Crippen molar-refractivity contribution in [1.82, 2.24) is 0 Å². The van der Waals surface area contributed by atoms with Gasteiger partial charge in [-0.15, -0.1) is 0 Å². The molecule has 1 heterocycles. The van der Waals surface area contributed by atoms with Crippen molar-refractivity contribution in [1.29, 1.82) is 0 Å². The van der Waals surface area contributed by atoms with Gasteiger partial charge in [-0.2, -0.15) is 0 Å². The molecule has 3 rings (SSSR count). The Kier molecular flexibility index (Phi) is 6.18. The summed E-state index contributed by atoms with van der Waals surface area (Å²) in [6.07, 6.45) is 2.12. The van der Waals surface area contributed by atoms with Crippen molar-refractivity contribution in [3.8, 4) is 0 Å².